The molecule has 2 aromatic carbocycles. The van der Waals surface area contributed by atoms with Crippen LogP contribution in [0.2, 0.25) is 0 Å². The first-order valence-electron chi connectivity index (χ1n) is 5.52. The first-order valence-corrected chi connectivity index (χ1v) is 5.52. The Morgan fingerprint density at radius 1 is 0.850 bits per heavy atom. The van der Waals surface area contributed by atoms with E-state index in [9.17, 15) is 9.59 Å². The van der Waals surface area contributed by atoms with Crippen LogP contribution in [0.5, 0.6) is 5.75 Å². The number of aromatic carboxylic acids is 2. The molecule has 0 aliphatic rings. The molecule has 2 rings (SSSR count). The van der Waals surface area contributed by atoms with Gasteiger partial charge in [0, 0.05) is 5.69 Å². The monoisotopic (exact) mass is 275 g/mol. The molecule has 0 heterocycles. The maximum absolute atomic E-state index is 10.3. The Bertz CT molecular complexity index is 607. The van der Waals surface area contributed by atoms with E-state index in [4.69, 9.17) is 21.1 Å². The summed E-state index contributed by atoms with van der Waals surface area (Å²) in [4.78, 5) is 20.5. The van der Waals surface area contributed by atoms with E-state index in [-0.39, 0.29) is 16.9 Å². The van der Waals surface area contributed by atoms with Gasteiger partial charge in [-0.25, -0.2) is 9.59 Å². The number of benzene rings is 2. The smallest absolute Gasteiger partial charge is 0.339 e. The fraction of sp³-hybridized carbons (Fsp3) is 0. The summed E-state index contributed by atoms with van der Waals surface area (Å²) in [5, 5.41) is 25.7. The molecule has 0 bridgehead atoms. The molecular formula is C14H13NO5. The highest BCUT2D eigenvalue weighted by Crippen LogP contribution is 2.14. The maximum Gasteiger partial charge on any atom is 0.339 e. The lowest BCUT2D eigenvalue weighted by Crippen LogP contribution is -1.95. The van der Waals surface area contributed by atoms with Gasteiger partial charge in [0.25, 0.3) is 0 Å². The van der Waals surface area contributed by atoms with Gasteiger partial charge in [0.15, 0.2) is 0 Å². The molecule has 0 fully saturated rings. The third kappa shape index (κ3) is 4.34. The second-order valence-corrected chi connectivity index (χ2v) is 3.75. The van der Waals surface area contributed by atoms with Gasteiger partial charge in [-0.1, -0.05) is 12.1 Å². The topological polar surface area (TPSA) is 121 Å². The number of nitrogens with two attached hydrogens (primary N) is 1. The Morgan fingerprint density at radius 2 is 1.40 bits per heavy atom. The Hall–Kier alpha value is -3.02. The zero-order valence-electron chi connectivity index (χ0n) is 10.4. The zero-order valence-corrected chi connectivity index (χ0v) is 10.4. The number of hydrogen-bond donors (Lipinski definition) is 4. The average Bonchev–Trinajstić information content (AvgIpc) is 2.40. The summed E-state index contributed by atoms with van der Waals surface area (Å²) in [7, 11) is 0. The number of carboxylic acid groups (broad SMARTS) is 2. The fourth-order valence-corrected chi connectivity index (χ4v) is 1.28. The highest BCUT2D eigenvalue weighted by atomic mass is 16.4. The molecule has 0 aliphatic carbocycles. The van der Waals surface area contributed by atoms with E-state index in [0.29, 0.717) is 5.69 Å². The summed E-state index contributed by atoms with van der Waals surface area (Å²) in [6.07, 6.45) is 0. The third-order valence-electron chi connectivity index (χ3n) is 2.29. The van der Waals surface area contributed by atoms with Crippen molar-refractivity contribution in [2.45, 2.75) is 0 Å². The zero-order chi connectivity index (χ0) is 15.1. The van der Waals surface area contributed by atoms with E-state index in [1.807, 2.05) is 0 Å². The Kier molecular flexibility index (Phi) is 5.11. The molecule has 0 aliphatic heterocycles. The molecule has 0 spiro atoms. The van der Waals surface area contributed by atoms with Crippen molar-refractivity contribution in [1.29, 1.82) is 0 Å². The second kappa shape index (κ2) is 6.79. The molecular weight excluding hydrogens is 262 g/mol. The van der Waals surface area contributed by atoms with Gasteiger partial charge in [-0.15, -0.1) is 0 Å². The normalized spacial score (nSPS) is 9.20. The number of para-hydroxylation sites is 1. The third-order valence-corrected chi connectivity index (χ3v) is 2.29. The lowest BCUT2D eigenvalue weighted by Gasteiger charge is -1.95. The number of rotatable bonds is 2. The second-order valence-electron chi connectivity index (χ2n) is 3.75. The highest BCUT2D eigenvalue weighted by Gasteiger charge is 2.05. The van der Waals surface area contributed by atoms with Crippen LogP contribution in [0, 0.1) is 0 Å². The predicted octanol–water partition coefficient (Wildman–Crippen LogP) is 2.06. The largest absolute Gasteiger partial charge is 0.507 e. The van der Waals surface area contributed by atoms with Crippen LogP contribution in [-0.2, 0) is 0 Å². The van der Waals surface area contributed by atoms with Crippen molar-refractivity contribution in [3.05, 3.63) is 59.7 Å². The number of carboxylic acids is 2. The summed E-state index contributed by atoms with van der Waals surface area (Å²) in [6, 6.07) is 11.9. The number of hydrogen-bond acceptors (Lipinski definition) is 4. The van der Waals surface area contributed by atoms with Crippen LogP contribution in [0.15, 0.2) is 48.5 Å². The summed E-state index contributed by atoms with van der Waals surface area (Å²) in [5.41, 5.74) is 6.10. The van der Waals surface area contributed by atoms with Crippen molar-refractivity contribution in [1.82, 2.24) is 0 Å². The standard InChI is InChI=1S/C7H7NO2.C7H6O3/c8-6-3-1-5(2-4-6)7(9)10;8-6-4-2-1-3-5(6)7(9)10/h1-4H,8H2,(H,9,10);1-4,8H,(H,9,10). The average molecular weight is 275 g/mol. The van der Waals surface area contributed by atoms with Crippen LogP contribution in [0.4, 0.5) is 5.69 Å². The van der Waals surface area contributed by atoms with E-state index >= 15 is 0 Å². The lowest BCUT2D eigenvalue weighted by atomic mass is 10.2. The van der Waals surface area contributed by atoms with Gasteiger partial charge in [0.1, 0.15) is 11.3 Å². The first kappa shape index (κ1) is 15.0. The van der Waals surface area contributed by atoms with Gasteiger partial charge in [0.2, 0.25) is 0 Å². The van der Waals surface area contributed by atoms with Crippen molar-refractivity contribution in [2.75, 3.05) is 5.73 Å². The molecule has 5 N–H and O–H groups in total. The minimum atomic E-state index is -1.11. The van der Waals surface area contributed by atoms with Gasteiger partial charge < -0.3 is 21.1 Å². The summed E-state index contributed by atoms with van der Waals surface area (Å²) >= 11 is 0. The molecule has 0 amide bonds. The summed E-state index contributed by atoms with van der Waals surface area (Å²) in [5.74, 6) is -2.24. The minimum absolute atomic E-state index is 0.0671. The molecule has 6 heteroatoms. The van der Waals surface area contributed by atoms with Crippen LogP contribution in [0.1, 0.15) is 20.7 Å². The summed E-state index contributed by atoms with van der Waals surface area (Å²) in [6.45, 7) is 0. The van der Waals surface area contributed by atoms with Crippen LogP contribution >= 0.6 is 0 Å². The van der Waals surface area contributed by atoms with Crippen molar-refractivity contribution in [3.8, 4) is 5.75 Å². The van der Waals surface area contributed by atoms with E-state index in [1.165, 1.54) is 24.3 Å². The molecule has 0 saturated carbocycles. The van der Waals surface area contributed by atoms with Crippen molar-refractivity contribution in [3.63, 3.8) is 0 Å². The number of phenols is 1. The Morgan fingerprint density at radius 3 is 1.80 bits per heavy atom. The van der Waals surface area contributed by atoms with Crippen molar-refractivity contribution in [2.24, 2.45) is 0 Å². The van der Waals surface area contributed by atoms with Gasteiger partial charge in [-0.3, -0.25) is 0 Å². The number of nitrogen functional groups attached to an aromatic ring is 1. The van der Waals surface area contributed by atoms with Gasteiger partial charge in [0.05, 0.1) is 5.56 Å². The fourth-order valence-electron chi connectivity index (χ4n) is 1.28. The highest BCUT2D eigenvalue weighted by molar-refractivity contribution is 5.90. The van der Waals surface area contributed by atoms with Crippen molar-refractivity contribution < 1.29 is 24.9 Å². The first-order chi connectivity index (χ1) is 9.41. The molecule has 0 aromatic heterocycles. The van der Waals surface area contributed by atoms with Crippen LogP contribution in [0.3, 0.4) is 0 Å². The Labute approximate surface area is 114 Å². The van der Waals surface area contributed by atoms with Gasteiger partial charge in [-0.2, -0.15) is 0 Å². The molecule has 0 unspecified atom stereocenters. The maximum atomic E-state index is 10.3. The van der Waals surface area contributed by atoms with Crippen LogP contribution < -0.4 is 5.73 Å². The lowest BCUT2D eigenvalue weighted by molar-refractivity contribution is 0.0684. The predicted molar refractivity (Wildman–Crippen MR) is 72.9 cm³/mol. The van der Waals surface area contributed by atoms with E-state index in [2.05, 4.69) is 0 Å². The number of carbonyl (C=O) groups is 2. The van der Waals surface area contributed by atoms with E-state index < -0.39 is 11.9 Å². The molecule has 0 saturated heterocycles. The number of aromatic hydroxyl groups is 1. The minimum Gasteiger partial charge on any atom is -0.507 e. The van der Waals surface area contributed by atoms with Crippen LogP contribution in [0.25, 0.3) is 0 Å². The van der Waals surface area contributed by atoms with E-state index in [1.54, 1.807) is 24.3 Å². The molecule has 104 valence electrons. The van der Waals surface area contributed by atoms with E-state index in [0.717, 1.165) is 0 Å². The SMILES string of the molecule is Nc1ccc(C(=O)O)cc1.O=C(O)c1ccccc1O. The number of anilines is 1. The molecule has 0 radical (unpaired) electrons. The molecule has 2 aromatic rings. The quantitative estimate of drug-likeness (QED) is 0.622. The Balaban J connectivity index is 0.000000200. The molecule has 0 atom stereocenters. The molecule has 20 heavy (non-hydrogen) atoms. The van der Waals surface area contributed by atoms with Crippen LogP contribution in [-0.4, -0.2) is 27.3 Å². The molecule has 6 nitrogen and oxygen atoms in total. The van der Waals surface area contributed by atoms with Crippen molar-refractivity contribution >= 4 is 17.6 Å². The summed E-state index contributed by atoms with van der Waals surface area (Å²) < 4.78 is 0. The van der Waals surface area contributed by atoms with Gasteiger partial charge >= 0.3 is 11.9 Å². The van der Waals surface area contributed by atoms with Gasteiger partial charge in [-0.05, 0) is 36.4 Å².